The fraction of sp³-hybridized carbons (Fsp3) is 0. The van der Waals surface area contributed by atoms with Crippen LogP contribution in [0.25, 0.3) is 74.0 Å². The standard InChI is InChI=1S/C43H26N2OS2/c1-2-10-27(11-3-1)28-18-20-30(21-19-28)45(31-22-23-40-34(26-31)33-13-5-8-16-39(33)47-40)37-25-29(43-44-36-14-6-9-17-41(36)48-43)24-35-32-12-4-7-15-38(32)46-42(35)37/h1-26H. The molecule has 0 atom stereocenters. The second kappa shape index (κ2) is 10.9. The number of benzene rings is 7. The van der Waals surface area contributed by atoms with E-state index in [1.807, 2.05) is 17.4 Å². The fourth-order valence-electron chi connectivity index (χ4n) is 6.81. The van der Waals surface area contributed by atoms with Gasteiger partial charge in [-0.2, -0.15) is 0 Å². The Bertz CT molecular complexity index is 2760. The van der Waals surface area contributed by atoms with Crippen LogP contribution in [0.15, 0.2) is 162 Å². The first-order valence-corrected chi connectivity index (χ1v) is 17.6. The summed E-state index contributed by atoms with van der Waals surface area (Å²) in [6.07, 6.45) is 0. The number of hydrogen-bond acceptors (Lipinski definition) is 5. The predicted molar refractivity (Wildman–Crippen MR) is 205 cm³/mol. The molecule has 0 bridgehead atoms. The van der Waals surface area contributed by atoms with Gasteiger partial charge in [0.05, 0.1) is 15.9 Å². The summed E-state index contributed by atoms with van der Waals surface area (Å²) in [5.41, 5.74) is 9.27. The van der Waals surface area contributed by atoms with Crippen molar-refractivity contribution in [2.75, 3.05) is 4.90 Å². The topological polar surface area (TPSA) is 29.3 Å². The Labute approximate surface area is 284 Å². The van der Waals surface area contributed by atoms with Crippen molar-refractivity contribution in [2.24, 2.45) is 0 Å². The maximum Gasteiger partial charge on any atom is 0.159 e. The van der Waals surface area contributed by atoms with Crippen molar-refractivity contribution in [1.82, 2.24) is 4.98 Å². The zero-order chi connectivity index (χ0) is 31.6. The van der Waals surface area contributed by atoms with E-state index in [1.165, 1.54) is 36.0 Å². The van der Waals surface area contributed by atoms with Crippen molar-refractivity contribution in [2.45, 2.75) is 0 Å². The highest BCUT2D eigenvalue weighted by Gasteiger charge is 2.23. The number of rotatable bonds is 5. The third-order valence-electron chi connectivity index (χ3n) is 9.09. The fourth-order valence-corrected chi connectivity index (χ4v) is 8.85. The van der Waals surface area contributed by atoms with E-state index in [-0.39, 0.29) is 0 Å². The Hall–Kier alpha value is -5.75. The molecule has 0 amide bonds. The van der Waals surface area contributed by atoms with E-state index in [9.17, 15) is 0 Å². The van der Waals surface area contributed by atoms with Gasteiger partial charge < -0.3 is 9.32 Å². The van der Waals surface area contributed by atoms with Crippen LogP contribution in [-0.2, 0) is 0 Å². The molecule has 3 aromatic heterocycles. The van der Waals surface area contributed by atoms with Crippen molar-refractivity contribution in [1.29, 1.82) is 0 Å². The van der Waals surface area contributed by atoms with E-state index >= 15 is 0 Å². The summed E-state index contributed by atoms with van der Waals surface area (Å²) in [6, 6.07) is 56.1. The van der Waals surface area contributed by atoms with E-state index in [1.54, 1.807) is 11.3 Å². The summed E-state index contributed by atoms with van der Waals surface area (Å²) < 4.78 is 10.5. The smallest absolute Gasteiger partial charge is 0.159 e. The highest BCUT2D eigenvalue weighted by atomic mass is 32.1. The van der Waals surface area contributed by atoms with Crippen LogP contribution < -0.4 is 4.90 Å². The summed E-state index contributed by atoms with van der Waals surface area (Å²) in [6.45, 7) is 0. The molecule has 10 aromatic rings. The number of nitrogens with zero attached hydrogens (tertiary/aromatic N) is 2. The van der Waals surface area contributed by atoms with E-state index in [2.05, 4.69) is 157 Å². The monoisotopic (exact) mass is 650 g/mol. The molecule has 0 N–H and O–H groups in total. The number of para-hydroxylation sites is 2. The molecule has 0 aliphatic rings. The van der Waals surface area contributed by atoms with Crippen molar-refractivity contribution >= 4 is 92.1 Å². The molecule has 5 heteroatoms. The lowest BCUT2D eigenvalue weighted by molar-refractivity contribution is 0.669. The molecule has 0 aliphatic carbocycles. The third kappa shape index (κ3) is 4.43. The number of thiophene rings is 1. The minimum atomic E-state index is 0.850. The molecule has 3 heterocycles. The lowest BCUT2D eigenvalue weighted by Gasteiger charge is -2.26. The first-order valence-electron chi connectivity index (χ1n) is 15.9. The summed E-state index contributed by atoms with van der Waals surface area (Å²) >= 11 is 3.56. The zero-order valence-electron chi connectivity index (χ0n) is 25.6. The van der Waals surface area contributed by atoms with Gasteiger partial charge in [-0.3, -0.25) is 0 Å². The summed E-state index contributed by atoms with van der Waals surface area (Å²) in [5.74, 6) is 0. The number of thiazole rings is 1. The van der Waals surface area contributed by atoms with Gasteiger partial charge in [0.1, 0.15) is 10.6 Å². The quantitative estimate of drug-likeness (QED) is 0.186. The normalized spacial score (nSPS) is 11.8. The molecule has 0 radical (unpaired) electrons. The maximum atomic E-state index is 6.74. The van der Waals surface area contributed by atoms with E-state index < -0.39 is 0 Å². The largest absolute Gasteiger partial charge is 0.454 e. The SMILES string of the molecule is c1ccc(-c2ccc(N(c3ccc4sc5ccccc5c4c3)c3cc(-c4nc5ccccc5s4)cc4c3oc3ccccc34)cc2)cc1. The van der Waals surface area contributed by atoms with Gasteiger partial charge in [0.2, 0.25) is 0 Å². The van der Waals surface area contributed by atoms with Gasteiger partial charge in [0, 0.05) is 47.9 Å². The number of furan rings is 1. The molecule has 0 spiro atoms. The van der Waals surface area contributed by atoms with Crippen LogP contribution in [-0.4, -0.2) is 4.98 Å². The number of aromatic nitrogens is 1. The van der Waals surface area contributed by atoms with Crippen LogP contribution >= 0.6 is 22.7 Å². The minimum absolute atomic E-state index is 0.850. The van der Waals surface area contributed by atoms with Gasteiger partial charge >= 0.3 is 0 Å². The second-order valence-corrected chi connectivity index (χ2v) is 14.1. The first kappa shape index (κ1) is 27.4. The van der Waals surface area contributed by atoms with Crippen LogP contribution in [0.1, 0.15) is 0 Å². The lowest BCUT2D eigenvalue weighted by atomic mass is 10.0. The second-order valence-electron chi connectivity index (χ2n) is 12.0. The summed E-state index contributed by atoms with van der Waals surface area (Å²) in [4.78, 5) is 7.43. The van der Waals surface area contributed by atoms with Gasteiger partial charge in [-0.15, -0.1) is 22.7 Å². The molecule has 3 nitrogen and oxygen atoms in total. The van der Waals surface area contributed by atoms with Crippen molar-refractivity contribution in [3.8, 4) is 21.7 Å². The van der Waals surface area contributed by atoms with Crippen molar-refractivity contribution in [3.63, 3.8) is 0 Å². The average Bonchev–Trinajstić information content (AvgIpc) is 3.86. The molecule has 226 valence electrons. The third-order valence-corrected chi connectivity index (χ3v) is 11.3. The zero-order valence-corrected chi connectivity index (χ0v) is 27.3. The number of hydrogen-bond donors (Lipinski definition) is 0. The highest BCUT2D eigenvalue weighted by Crippen LogP contribution is 2.47. The molecule has 10 rings (SSSR count). The number of anilines is 3. The van der Waals surface area contributed by atoms with Gasteiger partial charge in [0.15, 0.2) is 5.58 Å². The minimum Gasteiger partial charge on any atom is -0.454 e. The van der Waals surface area contributed by atoms with Crippen LogP contribution in [0.2, 0.25) is 0 Å². The molecular weight excluding hydrogens is 625 g/mol. The number of fused-ring (bicyclic) bond motifs is 7. The average molecular weight is 651 g/mol. The Morgan fingerprint density at radius 1 is 0.458 bits per heavy atom. The van der Waals surface area contributed by atoms with Crippen molar-refractivity contribution < 1.29 is 4.42 Å². The van der Waals surface area contributed by atoms with Crippen LogP contribution in [0.5, 0.6) is 0 Å². The van der Waals surface area contributed by atoms with Crippen LogP contribution in [0.3, 0.4) is 0 Å². The summed E-state index contributed by atoms with van der Waals surface area (Å²) in [7, 11) is 0. The highest BCUT2D eigenvalue weighted by molar-refractivity contribution is 7.25. The molecule has 0 fully saturated rings. The Morgan fingerprint density at radius 2 is 1.15 bits per heavy atom. The van der Waals surface area contributed by atoms with Crippen LogP contribution in [0, 0.1) is 0 Å². The molecule has 0 aliphatic heterocycles. The lowest BCUT2D eigenvalue weighted by Crippen LogP contribution is -2.10. The van der Waals surface area contributed by atoms with Crippen LogP contribution in [0.4, 0.5) is 17.1 Å². The van der Waals surface area contributed by atoms with Gasteiger partial charge in [-0.05, 0) is 77.9 Å². The maximum absolute atomic E-state index is 6.74. The Kier molecular flexibility index (Phi) is 6.22. The molecule has 7 aromatic carbocycles. The molecule has 48 heavy (non-hydrogen) atoms. The molecule has 0 saturated heterocycles. The van der Waals surface area contributed by atoms with Gasteiger partial charge in [0.25, 0.3) is 0 Å². The Morgan fingerprint density at radius 3 is 2.00 bits per heavy atom. The Balaban J connectivity index is 1.25. The van der Waals surface area contributed by atoms with Gasteiger partial charge in [-0.1, -0.05) is 91.0 Å². The molecule has 0 saturated carbocycles. The van der Waals surface area contributed by atoms with E-state index in [0.717, 1.165) is 55.1 Å². The van der Waals surface area contributed by atoms with E-state index in [4.69, 9.17) is 9.40 Å². The van der Waals surface area contributed by atoms with Crippen molar-refractivity contribution in [3.05, 3.63) is 158 Å². The van der Waals surface area contributed by atoms with E-state index in [0.29, 0.717) is 0 Å². The molecular formula is C43H26N2OS2. The predicted octanol–water partition coefficient (Wildman–Crippen LogP) is 13.4. The van der Waals surface area contributed by atoms with Gasteiger partial charge in [-0.25, -0.2) is 4.98 Å². The molecule has 0 unspecified atom stereocenters. The first-order chi connectivity index (χ1) is 23.8. The summed E-state index contributed by atoms with van der Waals surface area (Å²) in [5, 5.41) is 5.68.